The number of hydrogen-bond donors (Lipinski definition) is 1. The summed E-state index contributed by atoms with van der Waals surface area (Å²) in [6.07, 6.45) is 3.26. The first-order valence-electron chi connectivity index (χ1n) is 7.30. The molecule has 0 radical (unpaired) electrons. The lowest BCUT2D eigenvalue weighted by Gasteiger charge is -2.18. The monoisotopic (exact) mass is 347 g/mol. The van der Waals surface area contributed by atoms with E-state index in [0.29, 0.717) is 15.7 Å². The van der Waals surface area contributed by atoms with E-state index in [1.165, 1.54) is 11.6 Å². The van der Waals surface area contributed by atoms with Crippen molar-refractivity contribution in [2.75, 3.05) is 5.32 Å². The number of nitrogens with one attached hydrogen (secondary N) is 1. The van der Waals surface area contributed by atoms with Gasteiger partial charge in [0.2, 0.25) is 5.91 Å². The first-order chi connectivity index (χ1) is 10.7. The van der Waals surface area contributed by atoms with E-state index >= 15 is 0 Å². The molecule has 0 saturated carbocycles. The molecule has 0 heterocycles. The summed E-state index contributed by atoms with van der Waals surface area (Å²) in [7, 11) is 0. The highest BCUT2D eigenvalue weighted by Gasteiger charge is 2.12. The molecule has 2 rings (SSSR count). The van der Waals surface area contributed by atoms with Gasteiger partial charge >= 0.3 is 0 Å². The van der Waals surface area contributed by atoms with Crippen LogP contribution in [0, 0.1) is 0 Å². The Hall–Kier alpha value is -1.77. The van der Waals surface area contributed by atoms with Crippen LogP contribution in [0.5, 0.6) is 0 Å². The van der Waals surface area contributed by atoms with Gasteiger partial charge in [0.15, 0.2) is 0 Å². The van der Waals surface area contributed by atoms with Crippen molar-refractivity contribution in [3.63, 3.8) is 0 Å². The first kappa shape index (κ1) is 17.6. The van der Waals surface area contributed by atoms with E-state index in [4.69, 9.17) is 23.2 Å². The average Bonchev–Trinajstić information content (AvgIpc) is 2.43. The van der Waals surface area contributed by atoms with E-state index in [0.717, 1.165) is 5.56 Å². The fourth-order valence-electron chi connectivity index (χ4n) is 2.08. The number of rotatable bonds is 3. The molecule has 0 unspecified atom stereocenters. The highest BCUT2D eigenvalue weighted by molar-refractivity contribution is 6.35. The summed E-state index contributed by atoms with van der Waals surface area (Å²) < 4.78 is 0. The Morgan fingerprint density at radius 3 is 2.09 bits per heavy atom. The van der Waals surface area contributed by atoms with Gasteiger partial charge in [0.05, 0.1) is 0 Å². The Balaban J connectivity index is 2.03. The summed E-state index contributed by atoms with van der Waals surface area (Å²) in [4.78, 5) is 12.0. The zero-order valence-corrected chi connectivity index (χ0v) is 14.9. The van der Waals surface area contributed by atoms with Gasteiger partial charge in [-0.05, 0) is 40.8 Å². The molecule has 2 nitrogen and oxygen atoms in total. The molecule has 0 atom stereocenters. The van der Waals surface area contributed by atoms with Crippen LogP contribution in [0.4, 0.5) is 5.69 Å². The molecular weight excluding hydrogens is 329 g/mol. The number of benzene rings is 2. The molecule has 0 fully saturated rings. The van der Waals surface area contributed by atoms with Crippen LogP contribution in [0.1, 0.15) is 31.9 Å². The van der Waals surface area contributed by atoms with Crippen molar-refractivity contribution in [1.82, 2.24) is 0 Å². The quantitative estimate of drug-likeness (QED) is 0.683. The molecule has 0 aromatic heterocycles. The Morgan fingerprint density at radius 1 is 1.00 bits per heavy atom. The van der Waals surface area contributed by atoms with Crippen LogP contribution in [-0.2, 0) is 10.2 Å². The van der Waals surface area contributed by atoms with Gasteiger partial charge < -0.3 is 5.32 Å². The van der Waals surface area contributed by atoms with Crippen LogP contribution in [0.25, 0.3) is 6.08 Å². The van der Waals surface area contributed by atoms with Gasteiger partial charge in [0.25, 0.3) is 0 Å². The summed E-state index contributed by atoms with van der Waals surface area (Å²) in [5.74, 6) is -0.233. The van der Waals surface area contributed by atoms with Crippen molar-refractivity contribution in [2.24, 2.45) is 0 Å². The Kier molecular flexibility index (Phi) is 5.51. The molecule has 0 saturated heterocycles. The maximum absolute atomic E-state index is 12.0. The van der Waals surface area contributed by atoms with Crippen molar-refractivity contribution in [1.29, 1.82) is 0 Å². The molecule has 120 valence electrons. The van der Waals surface area contributed by atoms with E-state index in [-0.39, 0.29) is 11.3 Å². The van der Waals surface area contributed by atoms with Crippen LogP contribution in [0.2, 0.25) is 10.0 Å². The summed E-state index contributed by atoms with van der Waals surface area (Å²) in [5.41, 5.74) is 2.91. The lowest BCUT2D eigenvalue weighted by Crippen LogP contribution is -2.10. The molecule has 4 heteroatoms. The van der Waals surface area contributed by atoms with Crippen LogP contribution >= 0.6 is 23.2 Å². The minimum absolute atomic E-state index is 0.117. The molecule has 2 aromatic carbocycles. The topological polar surface area (TPSA) is 29.1 Å². The van der Waals surface area contributed by atoms with Gasteiger partial charge in [-0.15, -0.1) is 0 Å². The molecular formula is C19H19Cl2NO. The lowest BCUT2D eigenvalue weighted by atomic mass is 9.87. The van der Waals surface area contributed by atoms with Crippen LogP contribution in [-0.4, -0.2) is 5.91 Å². The molecule has 1 N–H and O–H groups in total. The van der Waals surface area contributed by atoms with Gasteiger partial charge in [0.1, 0.15) is 0 Å². The zero-order chi connectivity index (χ0) is 17.0. The smallest absolute Gasteiger partial charge is 0.248 e. The summed E-state index contributed by atoms with van der Waals surface area (Å²) in [6, 6.07) is 13.1. The molecule has 0 aliphatic rings. The van der Waals surface area contributed by atoms with Crippen LogP contribution < -0.4 is 5.32 Å². The van der Waals surface area contributed by atoms with Crippen LogP contribution in [0.3, 0.4) is 0 Å². The van der Waals surface area contributed by atoms with E-state index < -0.39 is 0 Å². The normalized spacial score (nSPS) is 11.7. The largest absolute Gasteiger partial charge is 0.322 e. The number of hydrogen-bond acceptors (Lipinski definition) is 1. The Bertz CT molecular complexity index is 708. The van der Waals surface area contributed by atoms with Crippen molar-refractivity contribution in [3.8, 4) is 0 Å². The molecule has 23 heavy (non-hydrogen) atoms. The summed E-state index contributed by atoms with van der Waals surface area (Å²) >= 11 is 11.8. The van der Waals surface area contributed by atoms with Gasteiger partial charge in [0, 0.05) is 21.8 Å². The van der Waals surface area contributed by atoms with Crippen molar-refractivity contribution < 1.29 is 4.79 Å². The molecule has 0 bridgehead atoms. The molecule has 0 spiro atoms. The fourth-order valence-corrected chi connectivity index (χ4v) is 2.60. The van der Waals surface area contributed by atoms with Gasteiger partial charge in [-0.1, -0.05) is 68.2 Å². The average molecular weight is 348 g/mol. The number of carbonyl (C=O) groups excluding carboxylic acids is 1. The second kappa shape index (κ2) is 7.20. The van der Waals surface area contributed by atoms with Crippen molar-refractivity contribution >= 4 is 40.9 Å². The third-order valence-corrected chi connectivity index (χ3v) is 3.77. The van der Waals surface area contributed by atoms with E-state index in [2.05, 4.69) is 38.2 Å². The second-order valence-corrected chi connectivity index (χ2v) is 7.23. The Morgan fingerprint density at radius 2 is 1.57 bits per heavy atom. The highest BCUT2D eigenvalue weighted by Crippen LogP contribution is 2.23. The minimum atomic E-state index is -0.233. The number of anilines is 1. The second-order valence-electron chi connectivity index (χ2n) is 6.35. The van der Waals surface area contributed by atoms with E-state index in [1.54, 1.807) is 24.3 Å². The molecule has 0 aliphatic heterocycles. The van der Waals surface area contributed by atoms with Gasteiger partial charge in [-0.2, -0.15) is 0 Å². The van der Waals surface area contributed by atoms with Gasteiger partial charge in [-0.25, -0.2) is 0 Å². The maximum atomic E-state index is 12.0. The Labute approximate surface area is 147 Å². The number of carbonyl (C=O) groups is 1. The number of halogens is 2. The fraction of sp³-hybridized carbons (Fsp3) is 0.211. The zero-order valence-electron chi connectivity index (χ0n) is 13.4. The third-order valence-electron chi connectivity index (χ3n) is 3.33. The molecule has 1 amide bonds. The minimum Gasteiger partial charge on any atom is -0.322 e. The highest BCUT2D eigenvalue weighted by atomic mass is 35.5. The SMILES string of the molecule is CC(C)(C)c1ccc(C=CC(=O)Nc2cc(Cl)cc(Cl)c2)cc1. The van der Waals surface area contributed by atoms with Crippen molar-refractivity contribution in [2.45, 2.75) is 26.2 Å². The van der Waals surface area contributed by atoms with Crippen LogP contribution in [0.15, 0.2) is 48.5 Å². The van der Waals surface area contributed by atoms with E-state index in [9.17, 15) is 4.79 Å². The molecule has 2 aromatic rings. The lowest BCUT2D eigenvalue weighted by molar-refractivity contribution is -0.111. The standard InChI is InChI=1S/C19H19Cl2NO/c1-19(2,3)14-7-4-13(5-8-14)6-9-18(23)22-17-11-15(20)10-16(21)12-17/h4-12H,1-3H3,(H,22,23). The maximum Gasteiger partial charge on any atom is 0.248 e. The summed E-state index contributed by atoms with van der Waals surface area (Å²) in [5, 5.41) is 3.70. The number of amides is 1. The van der Waals surface area contributed by atoms with Crippen molar-refractivity contribution in [3.05, 3.63) is 69.7 Å². The predicted molar refractivity (Wildman–Crippen MR) is 99.3 cm³/mol. The van der Waals surface area contributed by atoms with Gasteiger partial charge in [-0.3, -0.25) is 4.79 Å². The third kappa shape index (κ3) is 5.42. The summed E-state index contributed by atoms with van der Waals surface area (Å²) in [6.45, 7) is 6.50. The first-order valence-corrected chi connectivity index (χ1v) is 8.05. The molecule has 0 aliphatic carbocycles. The van der Waals surface area contributed by atoms with E-state index in [1.807, 2.05) is 12.1 Å². The predicted octanol–water partition coefficient (Wildman–Crippen LogP) is 5.94.